The fourth-order valence-electron chi connectivity index (χ4n) is 2.53. The van der Waals surface area contributed by atoms with E-state index in [0.29, 0.717) is 12.1 Å². The smallest absolute Gasteiger partial charge is 0.133 e. The molecule has 1 aromatic rings. The molecule has 0 amide bonds. The molecule has 0 saturated carbocycles. The highest BCUT2D eigenvalue weighted by Gasteiger charge is 2.28. The molecule has 0 spiro atoms. The van der Waals surface area contributed by atoms with E-state index in [1.54, 1.807) is 0 Å². The predicted molar refractivity (Wildman–Crippen MR) is 72.4 cm³/mol. The molecular weight excluding hydrogens is 226 g/mol. The lowest BCUT2D eigenvalue weighted by Gasteiger charge is -2.40. The minimum Gasteiger partial charge on any atom is -0.361 e. The Morgan fingerprint density at radius 2 is 2.39 bits per heavy atom. The Labute approximate surface area is 110 Å². The second-order valence-corrected chi connectivity index (χ2v) is 5.61. The van der Waals surface area contributed by atoms with Crippen LogP contribution in [0.2, 0.25) is 0 Å². The molecule has 4 heteroatoms. The van der Waals surface area contributed by atoms with Crippen LogP contribution >= 0.6 is 0 Å². The Morgan fingerprint density at radius 1 is 1.61 bits per heavy atom. The van der Waals surface area contributed by atoms with Gasteiger partial charge in [0.2, 0.25) is 0 Å². The van der Waals surface area contributed by atoms with Gasteiger partial charge >= 0.3 is 0 Å². The summed E-state index contributed by atoms with van der Waals surface area (Å²) in [5.41, 5.74) is 1.05. The number of aryl methyl sites for hydroxylation is 1. The molecule has 1 aromatic heterocycles. The summed E-state index contributed by atoms with van der Waals surface area (Å²) in [7, 11) is 0. The minimum atomic E-state index is 0.558. The number of hydrogen-bond donors (Lipinski definition) is 1. The first kappa shape index (κ1) is 13.6. The Hall–Kier alpha value is -0.870. The molecule has 1 aliphatic rings. The van der Waals surface area contributed by atoms with Gasteiger partial charge in [-0.25, -0.2) is 0 Å². The summed E-state index contributed by atoms with van der Waals surface area (Å²) in [6, 6.07) is 3.19. The molecule has 0 bridgehead atoms. The van der Waals surface area contributed by atoms with Crippen LogP contribution in [0.25, 0.3) is 0 Å². The van der Waals surface area contributed by atoms with Crippen molar-refractivity contribution in [2.45, 2.75) is 52.7 Å². The molecule has 1 saturated heterocycles. The highest BCUT2D eigenvalue weighted by molar-refractivity contribution is 5.04. The fraction of sp³-hybridized carbons (Fsp3) is 0.786. The first-order valence-electron chi connectivity index (χ1n) is 6.99. The van der Waals surface area contributed by atoms with E-state index in [1.165, 1.54) is 6.42 Å². The van der Waals surface area contributed by atoms with Crippen LogP contribution in [0.15, 0.2) is 10.6 Å². The molecule has 0 radical (unpaired) electrons. The van der Waals surface area contributed by atoms with Crippen LogP contribution in [0.4, 0.5) is 0 Å². The Bertz CT molecular complexity index is 377. The highest BCUT2D eigenvalue weighted by Crippen LogP contribution is 2.17. The molecule has 0 aromatic carbocycles. The van der Waals surface area contributed by atoms with Crippen LogP contribution in [0.1, 0.15) is 38.6 Å². The topological polar surface area (TPSA) is 41.3 Å². The van der Waals surface area contributed by atoms with Gasteiger partial charge in [-0.3, -0.25) is 4.90 Å². The van der Waals surface area contributed by atoms with E-state index in [0.717, 1.165) is 37.0 Å². The van der Waals surface area contributed by atoms with Crippen molar-refractivity contribution in [2.75, 3.05) is 13.1 Å². The third-order valence-electron chi connectivity index (χ3n) is 4.10. The summed E-state index contributed by atoms with van der Waals surface area (Å²) in [6.07, 6.45) is 1.23. The van der Waals surface area contributed by atoms with E-state index in [2.05, 4.69) is 36.1 Å². The number of hydrogen-bond acceptors (Lipinski definition) is 4. The van der Waals surface area contributed by atoms with Crippen LogP contribution in [0.5, 0.6) is 0 Å². The SMILES string of the molecule is CCC(C)C1CN(Cc2cc(C)on2)C(C)CN1. The molecule has 102 valence electrons. The summed E-state index contributed by atoms with van der Waals surface area (Å²) in [5, 5.41) is 7.75. The molecule has 1 aliphatic heterocycles. The van der Waals surface area contributed by atoms with Crippen molar-refractivity contribution in [1.29, 1.82) is 0 Å². The molecule has 2 rings (SSSR count). The summed E-state index contributed by atoms with van der Waals surface area (Å²) < 4.78 is 5.14. The monoisotopic (exact) mass is 251 g/mol. The zero-order valence-corrected chi connectivity index (χ0v) is 11.9. The van der Waals surface area contributed by atoms with E-state index in [1.807, 2.05) is 13.0 Å². The van der Waals surface area contributed by atoms with E-state index in [-0.39, 0.29) is 0 Å². The summed E-state index contributed by atoms with van der Waals surface area (Å²) in [6.45, 7) is 11.9. The van der Waals surface area contributed by atoms with Crippen molar-refractivity contribution in [2.24, 2.45) is 5.92 Å². The van der Waals surface area contributed by atoms with Gasteiger partial charge in [-0.2, -0.15) is 0 Å². The first-order chi connectivity index (χ1) is 8.60. The minimum absolute atomic E-state index is 0.558. The average Bonchev–Trinajstić information content (AvgIpc) is 2.76. The number of rotatable bonds is 4. The molecule has 3 unspecified atom stereocenters. The van der Waals surface area contributed by atoms with Crippen LogP contribution in [-0.2, 0) is 6.54 Å². The molecular formula is C14H25N3O. The standard InChI is InChI=1S/C14H25N3O/c1-5-10(2)14-9-17(11(3)7-15-14)8-13-6-12(4)18-16-13/h6,10-11,14-15H,5,7-9H2,1-4H3. The summed E-state index contributed by atoms with van der Waals surface area (Å²) >= 11 is 0. The zero-order chi connectivity index (χ0) is 13.1. The molecule has 0 aliphatic carbocycles. The normalized spacial score (nSPS) is 27.3. The molecule has 1 N–H and O–H groups in total. The second-order valence-electron chi connectivity index (χ2n) is 5.61. The van der Waals surface area contributed by atoms with Gasteiger partial charge in [0.05, 0.1) is 5.69 Å². The van der Waals surface area contributed by atoms with Crippen molar-refractivity contribution < 1.29 is 4.52 Å². The number of nitrogens with zero attached hydrogens (tertiary/aromatic N) is 2. The first-order valence-corrected chi connectivity index (χ1v) is 6.99. The zero-order valence-electron chi connectivity index (χ0n) is 11.9. The maximum absolute atomic E-state index is 5.14. The quantitative estimate of drug-likeness (QED) is 0.890. The largest absolute Gasteiger partial charge is 0.361 e. The Kier molecular flexibility index (Phi) is 4.40. The second kappa shape index (κ2) is 5.85. The number of aromatic nitrogens is 1. The van der Waals surface area contributed by atoms with Crippen molar-refractivity contribution in [3.05, 3.63) is 17.5 Å². The van der Waals surface area contributed by atoms with Crippen molar-refractivity contribution in [3.8, 4) is 0 Å². The lowest BCUT2D eigenvalue weighted by Crippen LogP contribution is -2.56. The van der Waals surface area contributed by atoms with E-state index in [4.69, 9.17) is 4.52 Å². The molecule has 1 fully saturated rings. The van der Waals surface area contributed by atoms with Crippen molar-refractivity contribution in [3.63, 3.8) is 0 Å². The Morgan fingerprint density at radius 3 is 3.00 bits per heavy atom. The lowest BCUT2D eigenvalue weighted by atomic mass is 9.95. The van der Waals surface area contributed by atoms with Gasteiger partial charge in [0.15, 0.2) is 0 Å². The van der Waals surface area contributed by atoms with E-state index in [9.17, 15) is 0 Å². The third kappa shape index (κ3) is 3.12. The van der Waals surface area contributed by atoms with Crippen LogP contribution in [0, 0.1) is 12.8 Å². The average molecular weight is 251 g/mol. The predicted octanol–water partition coefficient (Wildman–Crippen LogP) is 2.19. The molecule has 4 nitrogen and oxygen atoms in total. The van der Waals surface area contributed by atoms with Crippen molar-refractivity contribution >= 4 is 0 Å². The maximum atomic E-state index is 5.14. The summed E-state index contributed by atoms with van der Waals surface area (Å²) in [5.74, 6) is 1.62. The van der Waals surface area contributed by atoms with Gasteiger partial charge in [0.25, 0.3) is 0 Å². The van der Waals surface area contributed by atoms with Crippen LogP contribution in [0.3, 0.4) is 0 Å². The van der Waals surface area contributed by atoms with E-state index >= 15 is 0 Å². The Balaban J connectivity index is 1.97. The third-order valence-corrected chi connectivity index (χ3v) is 4.10. The molecule has 18 heavy (non-hydrogen) atoms. The van der Waals surface area contributed by atoms with Crippen LogP contribution < -0.4 is 5.32 Å². The highest BCUT2D eigenvalue weighted by atomic mass is 16.5. The lowest BCUT2D eigenvalue weighted by molar-refractivity contribution is 0.109. The number of nitrogens with one attached hydrogen (secondary N) is 1. The maximum Gasteiger partial charge on any atom is 0.133 e. The van der Waals surface area contributed by atoms with Crippen LogP contribution in [-0.4, -0.2) is 35.2 Å². The van der Waals surface area contributed by atoms with Gasteiger partial charge < -0.3 is 9.84 Å². The van der Waals surface area contributed by atoms with Gasteiger partial charge in [0, 0.05) is 37.8 Å². The number of piperazine rings is 1. The van der Waals surface area contributed by atoms with E-state index < -0.39 is 0 Å². The molecule has 2 heterocycles. The van der Waals surface area contributed by atoms with Gasteiger partial charge in [-0.05, 0) is 19.8 Å². The van der Waals surface area contributed by atoms with Gasteiger partial charge in [0.1, 0.15) is 5.76 Å². The van der Waals surface area contributed by atoms with Crippen molar-refractivity contribution in [1.82, 2.24) is 15.4 Å². The van der Waals surface area contributed by atoms with Gasteiger partial charge in [-0.15, -0.1) is 0 Å². The summed E-state index contributed by atoms with van der Waals surface area (Å²) in [4.78, 5) is 2.50. The van der Waals surface area contributed by atoms with Gasteiger partial charge in [-0.1, -0.05) is 25.4 Å². The fourth-order valence-corrected chi connectivity index (χ4v) is 2.53. The molecule has 3 atom stereocenters.